The van der Waals surface area contributed by atoms with Crippen LogP contribution in [0.2, 0.25) is 0 Å². The van der Waals surface area contributed by atoms with Crippen LogP contribution in [0, 0.1) is 5.41 Å². The molecule has 0 aliphatic rings. The van der Waals surface area contributed by atoms with E-state index in [1.54, 1.807) is 30.9 Å². The Labute approximate surface area is 112 Å². The first kappa shape index (κ1) is 15.0. The first-order valence-electron chi connectivity index (χ1n) is 6.18. The number of aromatic nitrogens is 2. The highest BCUT2D eigenvalue weighted by molar-refractivity contribution is 6.11. The lowest BCUT2D eigenvalue weighted by atomic mass is 9.85. The number of amidine groups is 1. The minimum absolute atomic E-state index is 0.108. The molecule has 1 rings (SSSR count). The molecular weight excluding hydrogens is 246 g/mol. The molecule has 0 radical (unpaired) electrons. The summed E-state index contributed by atoms with van der Waals surface area (Å²) in [6.45, 7) is 7.41. The Hall–Kier alpha value is -2.05. The number of amides is 1. The third kappa shape index (κ3) is 3.04. The molecule has 4 N–H and O–H groups in total. The summed E-state index contributed by atoms with van der Waals surface area (Å²) in [6.07, 6.45) is 3.73. The highest BCUT2D eigenvalue weighted by atomic mass is 16.4. The van der Waals surface area contributed by atoms with Crippen molar-refractivity contribution in [2.24, 2.45) is 16.3 Å². The first-order chi connectivity index (χ1) is 8.85. The van der Waals surface area contributed by atoms with Crippen molar-refractivity contribution in [2.75, 3.05) is 5.32 Å². The van der Waals surface area contributed by atoms with Crippen LogP contribution in [0.1, 0.15) is 40.2 Å². The number of carbonyl (C=O) groups excluding carboxylic acids is 1. The number of hydrogen-bond acceptors (Lipinski definition) is 4. The van der Waals surface area contributed by atoms with Crippen LogP contribution in [0.15, 0.2) is 17.5 Å². The fourth-order valence-corrected chi connectivity index (χ4v) is 1.52. The van der Waals surface area contributed by atoms with Crippen molar-refractivity contribution >= 4 is 17.4 Å². The molecule has 0 saturated heterocycles. The number of nitrogens with one attached hydrogen (secondary N) is 1. The minimum atomic E-state index is -1.05. The normalized spacial score (nSPS) is 15.3. The molecule has 19 heavy (non-hydrogen) atoms. The van der Waals surface area contributed by atoms with Crippen LogP contribution < -0.4 is 11.1 Å². The SMILES string of the molecule is CCC(C)(C(=O)Nc1cnn(C(C)C)c1)C(N)=NO. The molecule has 1 unspecified atom stereocenters. The molecule has 0 aliphatic carbocycles. The number of carbonyl (C=O) groups is 1. The van der Waals surface area contributed by atoms with Gasteiger partial charge in [-0.1, -0.05) is 12.1 Å². The maximum atomic E-state index is 12.2. The van der Waals surface area contributed by atoms with Crippen LogP contribution in [0.25, 0.3) is 0 Å². The molecule has 0 aromatic carbocycles. The number of oxime groups is 1. The topological polar surface area (TPSA) is 106 Å². The number of rotatable bonds is 5. The molecule has 1 atom stereocenters. The van der Waals surface area contributed by atoms with Gasteiger partial charge in [-0.3, -0.25) is 9.48 Å². The molecule has 1 aromatic rings. The van der Waals surface area contributed by atoms with Crippen LogP contribution in [0.5, 0.6) is 0 Å². The van der Waals surface area contributed by atoms with Gasteiger partial charge < -0.3 is 16.3 Å². The Morgan fingerprint density at radius 1 is 1.68 bits per heavy atom. The summed E-state index contributed by atoms with van der Waals surface area (Å²) >= 11 is 0. The Kier molecular flexibility index (Phi) is 4.52. The number of anilines is 1. The Bertz CT molecular complexity index is 480. The van der Waals surface area contributed by atoms with Crippen molar-refractivity contribution in [1.29, 1.82) is 0 Å². The molecule has 0 fully saturated rings. The molecule has 7 nitrogen and oxygen atoms in total. The zero-order valence-electron chi connectivity index (χ0n) is 11.7. The van der Waals surface area contributed by atoms with E-state index in [-0.39, 0.29) is 17.8 Å². The molecule has 0 saturated carbocycles. The summed E-state index contributed by atoms with van der Waals surface area (Å²) in [5, 5.41) is 18.6. The van der Waals surface area contributed by atoms with E-state index in [0.29, 0.717) is 12.1 Å². The summed E-state index contributed by atoms with van der Waals surface area (Å²) in [7, 11) is 0. The molecule has 1 aromatic heterocycles. The lowest BCUT2D eigenvalue weighted by Crippen LogP contribution is -2.44. The summed E-state index contributed by atoms with van der Waals surface area (Å²) < 4.78 is 1.74. The van der Waals surface area contributed by atoms with Gasteiger partial charge in [0.05, 0.1) is 11.9 Å². The molecule has 0 bridgehead atoms. The van der Waals surface area contributed by atoms with Crippen molar-refractivity contribution < 1.29 is 10.0 Å². The van der Waals surface area contributed by atoms with Crippen molar-refractivity contribution in [3.05, 3.63) is 12.4 Å². The van der Waals surface area contributed by atoms with E-state index in [1.165, 1.54) is 0 Å². The Morgan fingerprint density at radius 2 is 2.32 bits per heavy atom. The minimum Gasteiger partial charge on any atom is -0.409 e. The van der Waals surface area contributed by atoms with Crippen molar-refractivity contribution in [3.8, 4) is 0 Å². The van der Waals surface area contributed by atoms with Crippen LogP contribution in [0.4, 0.5) is 5.69 Å². The van der Waals surface area contributed by atoms with E-state index in [1.807, 2.05) is 13.8 Å². The van der Waals surface area contributed by atoms with Crippen molar-refractivity contribution in [2.45, 2.75) is 40.2 Å². The van der Waals surface area contributed by atoms with E-state index in [0.717, 1.165) is 0 Å². The molecule has 7 heteroatoms. The summed E-state index contributed by atoms with van der Waals surface area (Å²) in [4.78, 5) is 12.2. The second-order valence-electron chi connectivity index (χ2n) is 4.93. The number of hydrogen-bond donors (Lipinski definition) is 3. The predicted molar refractivity (Wildman–Crippen MR) is 73.0 cm³/mol. The summed E-state index contributed by atoms with van der Waals surface area (Å²) in [6, 6.07) is 0.215. The predicted octanol–water partition coefficient (Wildman–Crippen LogP) is 1.57. The van der Waals surface area contributed by atoms with Gasteiger partial charge in [-0.05, 0) is 27.2 Å². The van der Waals surface area contributed by atoms with Crippen LogP contribution in [0.3, 0.4) is 0 Å². The molecular formula is C12H21N5O2. The van der Waals surface area contributed by atoms with E-state index >= 15 is 0 Å². The van der Waals surface area contributed by atoms with Gasteiger partial charge in [0.1, 0.15) is 5.41 Å². The maximum Gasteiger partial charge on any atom is 0.238 e. The van der Waals surface area contributed by atoms with Gasteiger partial charge in [0, 0.05) is 12.2 Å². The van der Waals surface area contributed by atoms with Crippen LogP contribution in [-0.4, -0.2) is 26.7 Å². The molecule has 1 heterocycles. The largest absolute Gasteiger partial charge is 0.409 e. The fourth-order valence-electron chi connectivity index (χ4n) is 1.52. The van der Waals surface area contributed by atoms with Crippen LogP contribution in [-0.2, 0) is 4.79 Å². The maximum absolute atomic E-state index is 12.2. The van der Waals surface area contributed by atoms with Gasteiger partial charge in [-0.25, -0.2) is 0 Å². The number of nitrogens with zero attached hydrogens (tertiary/aromatic N) is 3. The van der Waals surface area contributed by atoms with Gasteiger partial charge in [0.2, 0.25) is 5.91 Å². The average molecular weight is 267 g/mol. The lowest BCUT2D eigenvalue weighted by Gasteiger charge is -2.24. The third-order valence-electron chi connectivity index (χ3n) is 3.27. The van der Waals surface area contributed by atoms with E-state index in [2.05, 4.69) is 15.6 Å². The Balaban J connectivity index is 2.88. The monoisotopic (exact) mass is 267 g/mol. The molecule has 0 spiro atoms. The van der Waals surface area contributed by atoms with Gasteiger partial charge in [-0.2, -0.15) is 5.10 Å². The lowest BCUT2D eigenvalue weighted by molar-refractivity contribution is -0.121. The average Bonchev–Trinajstić information content (AvgIpc) is 2.85. The van der Waals surface area contributed by atoms with Crippen molar-refractivity contribution in [1.82, 2.24) is 9.78 Å². The van der Waals surface area contributed by atoms with Crippen molar-refractivity contribution in [3.63, 3.8) is 0 Å². The summed E-state index contributed by atoms with van der Waals surface area (Å²) in [5.41, 5.74) is 5.13. The first-order valence-corrected chi connectivity index (χ1v) is 6.18. The smallest absolute Gasteiger partial charge is 0.238 e. The van der Waals surface area contributed by atoms with E-state index in [9.17, 15) is 4.79 Å². The van der Waals surface area contributed by atoms with E-state index in [4.69, 9.17) is 10.9 Å². The zero-order chi connectivity index (χ0) is 14.6. The van der Waals surface area contributed by atoms with Gasteiger partial charge in [-0.15, -0.1) is 0 Å². The second-order valence-corrected chi connectivity index (χ2v) is 4.93. The molecule has 106 valence electrons. The molecule has 0 aliphatic heterocycles. The fraction of sp³-hybridized carbons (Fsp3) is 0.583. The van der Waals surface area contributed by atoms with E-state index < -0.39 is 5.41 Å². The van der Waals surface area contributed by atoms with Gasteiger partial charge in [0.25, 0.3) is 0 Å². The quantitative estimate of drug-likeness (QED) is 0.326. The molecule has 1 amide bonds. The number of nitrogens with two attached hydrogens (primary N) is 1. The Morgan fingerprint density at radius 3 is 2.74 bits per heavy atom. The highest BCUT2D eigenvalue weighted by Crippen LogP contribution is 2.24. The standard InChI is InChI=1S/C12H21N5O2/c1-5-12(4,10(13)16-19)11(18)15-9-6-14-17(7-9)8(2)3/h6-8,19H,5H2,1-4H3,(H2,13,16)(H,15,18). The second kappa shape index (κ2) is 5.73. The summed E-state index contributed by atoms with van der Waals surface area (Å²) in [5.74, 6) is -0.433. The third-order valence-corrected chi connectivity index (χ3v) is 3.27. The zero-order valence-corrected chi connectivity index (χ0v) is 11.7. The van der Waals surface area contributed by atoms with Gasteiger partial charge in [0.15, 0.2) is 5.84 Å². The van der Waals surface area contributed by atoms with Gasteiger partial charge >= 0.3 is 0 Å². The van der Waals surface area contributed by atoms with Crippen LogP contribution >= 0.6 is 0 Å². The highest BCUT2D eigenvalue weighted by Gasteiger charge is 2.36.